The minimum absolute atomic E-state index is 0.0465. The maximum Gasteiger partial charge on any atom is 0.158 e. The Kier molecular flexibility index (Phi) is 6.67. The largest absolute Gasteiger partial charge is 0.394 e. The lowest BCUT2D eigenvalue weighted by Crippen LogP contribution is -2.38. The molecule has 0 aliphatic heterocycles. The highest BCUT2D eigenvalue weighted by atomic mass is 16.5. The molecular weight excluding hydrogens is 256 g/mol. The zero-order chi connectivity index (χ0) is 15.0. The van der Waals surface area contributed by atoms with Crippen molar-refractivity contribution in [2.24, 2.45) is 0 Å². The monoisotopic (exact) mass is 282 g/mol. The van der Waals surface area contributed by atoms with Crippen molar-refractivity contribution in [2.75, 3.05) is 30.4 Å². The summed E-state index contributed by atoms with van der Waals surface area (Å²) in [6, 6.07) is 1.85. The van der Waals surface area contributed by atoms with Crippen molar-refractivity contribution in [3.8, 4) is 0 Å². The Morgan fingerprint density at radius 2 is 1.95 bits per heavy atom. The second-order valence-corrected chi connectivity index (χ2v) is 4.92. The fraction of sp³-hybridized carbons (Fsp3) is 0.714. The smallest absolute Gasteiger partial charge is 0.158 e. The molecule has 0 bridgehead atoms. The molecule has 0 saturated heterocycles. The Bertz CT molecular complexity index is 408. The molecule has 20 heavy (non-hydrogen) atoms. The Morgan fingerprint density at radius 3 is 2.50 bits per heavy atom. The number of aliphatic hydroxyl groups excluding tert-OH is 1. The van der Waals surface area contributed by atoms with Gasteiger partial charge in [-0.1, -0.05) is 6.92 Å². The van der Waals surface area contributed by atoms with Gasteiger partial charge in [0.2, 0.25) is 0 Å². The molecule has 3 N–H and O–H groups in total. The molecule has 1 aromatic heterocycles. The molecule has 0 spiro atoms. The zero-order valence-corrected chi connectivity index (χ0v) is 12.9. The third kappa shape index (κ3) is 4.94. The lowest BCUT2D eigenvalue weighted by molar-refractivity contribution is 0.128. The van der Waals surface area contributed by atoms with Gasteiger partial charge in [0.15, 0.2) is 5.82 Å². The molecule has 0 radical (unpaired) electrons. The highest BCUT2D eigenvalue weighted by Crippen LogP contribution is 2.19. The molecule has 6 nitrogen and oxygen atoms in total. The molecule has 1 atom stereocenters. The van der Waals surface area contributed by atoms with Gasteiger partial charge in [0, 0.05) is 19.2 Å². The third-order valence-corrected chi connectivity index (χ3v) is 3.12. The molecule has 1 unspecified atom stereocenters. The second-order valence-electron chi connectivity index (χ2n) is 4.92. The third-order valence-electron chi connectivity index (χ3n) is 3.12. The van der Waals surface area contributed by atoms with Crippen molar-refractivity contribution in [1.29, 1.82) is 0 Å². The van der Waals surface area contributed by atoms with Gasteiger partial charge in [-0.2, -0.15) is 0 Å². The summed E-state index contributed by atoms with van der Waals surface area (Å²) in [6.45, 7) is 9.78. The topological polar surface area (TPSA) is 79.3 Å². The van der Waals surface area contributed by atoms with Crippen LogP contribution in [-0.2, 0) is 11.3 Å². The predicted octanol–water partition coefficient (Wildman–Crippen LogP) is 2.02. The summed E-state index contributed by atoms with van der Waals surface area (Å²) in [5.41, 5.74) is -0.388. The van der Waals surface area contributed by atoms with E-state index < -0.39 is 0 Å². The summed E-state index contributed by atoms with van der Waals surface area (Å²) >= 11 is 0. The van der Waals surface area contributed by atoms with Gasteiger partial charge in [-0.3, -0.25) is 0 Å². The van der Waals surface area contributed by atoms with E-state index in [2.05, 4.69) is 20.6 Å². The molecule has 0 fully saturated rings. The molecule has 114 valence electrons. The van der Waals surface area contributed by atoms with E-state index in [9.17, 15) is 5.11 Å². The average molecular weight is 282 g/mol. The van der Waals surface area contributed by atoms with Crippen molar-refractivity contribution in [2.45, 2.75) is 46.3 Å². The second kappa shape index (κ2) is 8.01. The van der Waals surface area contributed by atoms with Crippen molar-refractivity contribution in [3.63, 3.8) is 0 Å². The summed E-state index contributed by atoms with van der Waals surface area (Å²) in [5, 5.41) is 15.9. The number of aliphatic hydroxyl groups is 1. The van der Waals surface area contributed by atoms with E-state index in [4.69, 9.17) is 4.74 Å². The Morgan fingerprint density at radius 1 is 1.25 bits per heavy atom. The van der Waals surface area contributed by atoms with E-state index in [1.54, 1.807) is 0 Å². The highest BCUT2D eigenvalue weighted by Gasteiger charge is 2.21. The Balaban J connectivity index is 2.95. The van der Waals surface area contributed by atoms with Crippen molar-refractivity contribution < 1.29 is 9.84 Å². The van der Waals surface area contributed by atoms with Crippen LogP contribution in [0, 0.1) is 0 Å². The fourth-order valence-electron chi connectivity index (χ4n) is 1.64. The number of ether oxygens (including phenoxy) is 1. The highest BCUT2D eigenvalue weighted by molar-refractivity contribution is 5.48. The molecule has 0 aliphatic carbocycles. The van der Waals surface area contributed by atoms with Crippen LogP contribution in [0.5, 0.6) is 0 Å². The van der Waals surface area contributed by atoms with Gasteiger partial charge in [-0.05, 0) is 27.2 Å². The lowest BCUT2D eigenvalue weighted by Gasteiger charge is -2.28. The molecular formula is C14H26N4O2. The van der Waals surface area contributed by atoms with Crippen LogP contribution in [0.1, 0.15) is 39.9 Å². The predicted molar refractivity (Wildman–Crippen MR) is 80.9 cm³/mol. The van der Waals surface area contributed by atoms with Crippen LogP contribution in [0.25, 0.3) is 0 Å². The number of nitrogens with one attached hydrogen (secondary N) is 2. The van der Waals surface area contributed by atoms with Crippen LogP contribution in [0.2, 0.25) is 0 Å². The molecule has 6 heteroatoms. The minimum Gasteiger partial charge on any atom is -0.394 e. The summed E-state index contributed by atoms with van der Waals surface area (Å²) < 4.78 is 5.36. The molecule has 1 rings (SSSR count). The van der Waals surface area contributed by atoms with Crippen LogP contribution in [0.3, 0.4) is 0 Å². The summed E-state index contributed by atoms with van der Waals surface area (Å²) in [7, 11) is 0. The first-order valence-corrected chi connectivity index (χ1v) is 7.15. The van der Waals surface area contributed by atoms with Crippen molar-refractivity contribution in [3.05, 3.63) is 11.9 Å². The minimum atomic E-state index is -0.388. The number of hydrogen-bond donors (Lipinski definition) is 3. The molecule has 1 heterocycles. The lowest BCUT2D eigenvalue weighted by atomic mass is 10.0. The number of anilines is 2. The van der Waals surface area contributed by atoms with E-state index in [0.29, 0.717) is 24.9 Å². The first-order valence-electron chi connectivity index (χ1n) is 7.15. The maximum atomic E-state index is 9.48. The number of nitrogens with zero attached hydrogens (tertiary/aromatic N) is 2. The van der Waals surface area contributed by atoms with Crippen molar-refractivity contribution >= 4 is 11.6 Å². The summed E-state index contributed by atoms with van der Waals surface area (Å²) in [6.07, 6.45) is 0.796. The first-order chi connectivity index (χ1) is 9.56. The van der Waals surface area contributed by atoms with Crippen LogP contribution in [-0.4, -0.2) is 40.4 Å². The standard InChI is InChI=1S/C14H26N4O2/c1-5-14(4,10-19)18-12-8-11(15-6-2)16-13(17-12)9-20-7-3/h8,19H,5-7,9-10H2,1-4H3,(H2,15,16,17,18). The average Bonchev–Trinajstić information content (AvgIpc) is 2.45. The van der Waals surface area contributed by atoms with Gasteiger partial charge in [-0.25, -0.2) is 9.97 Å². The van der Waals surface area contributed by atoms with Crippen LogP contribution >= 0.6 is 0 Å². The van der Waals surface area contributed by atoms with E-state index in [0.717, 1.165) is 18.8 Å². The van der Waals surface area contributed by atoms with Gasteiger partial charge in [-0.15, -0.1) is 0 Å². The molecule has 0 saturated carbocycles. The fourth-order valence-corrected chi connectivity index (χ4v) is 1.64. The summed E-state index contributed by atoms with van der Waals surface area (Å²) in [5.74, 6) is 2.09. The summed E-state index contributed by atoms with van der Waals surface area (Å²) in [4.78, 5) is 8.83. The van der Waals surface area contributed by atoms with E-state index in [-0.39, 0.29) is 12.1 Å². The molecule has 0 aliphatic rings. The SMILES string of the molecule is CCNc1cc(NC(C)(CC)CO)nc(COCC)n1. The van der Waals surface area contributed by atoms with Gasteiger partial charge < -0.3 is 20.5 Å². The first kappa shape index (κ1) is 16.7. The Hall–Kier alpha value is -1.40. The maximum absolute atomic E-state index is 9.48. The van der Waals surface area contributed by atoms with Crippen LogP contribution < -0.4 is 10.6 Å². The number of aromatic nitrogens is 2. The van der Waals surface area contributed by atoms with Gasteiger partial charge >= 0.3 is 0 Å². The van der Waals surface area contributed by atoms with Gasteiger partial charge in [0.25, 0.3) is 0 Å². The van der Waals surface area contributed by atoms with Crippen LogP contribution in [0.15, 0.2) is 6.07 Å². The van der Waals surface area contributed by atoms with Gasteiger partial charge in [0.1, 0.15) is 18.2 Å². The number of hydrogen-bond acceptors (Lipinski definition) is 6. The normalized spacial score (nSPS) is 13.8. The van der Waals surface area contributed by atoms with E-state index in [1.165, 1.54) is 0 Å². The number of rotatable bonds is 9. The van der Waals surface area contributed by atoms with E-state index in [1.807, 2.05) is 33.8 Å². The molecule has 0 aromatic carbocycles. The zero-order valence-electron chi connectivity index (χ0n) is 12.9. The molecule has 1 aromatic rings. The Labute approximate surface area is 121 Å². The van der Waals surface area contributed by atoms with Crippen LogP contribution in [0.4, 0.5) is 11.6 Å². The van der Waals surface area contributed by atoms with Crippen molar-refractivity contribution in [1.82, 2.24) is 9.97 Å². The van der Waals surface area contributed by atoms with E-state index >= 15 is 0 Å². The molecule has 0 amide bonds. The quantitative estimate of drug-likeness (QED) is 0.643. The van der Waals surface area contributed by atoms with Gasteiger partial charge in [0.05, 0.1) is 12.1 Å².